The molecular formula is C17H19N. The van der Waals surface area contributed by atoms with Gasteiger partial charge in [0.15, 0.2) is 0 Å². The summed E-state index contributed by atoms with van der Waals surface area (Å²) >= 11 is 0. The molecule has 92 valence electrons. The van der Waals surface area contributed by atoms with Crippen molar-refractivity contribution in [1.82, 2.24) is 4.90 Å². The summed E-state index contributed by atoms with van der Waals surface area (Å²) in [5.74, 6) is 0. The van der Waals surface area contributed by atoms with E-state index in [1.165, 1.54) is 11.1 Å². The van der Waals surface area contributed by atoms with Crippen molar-refractivity contribution >= 4 is 6.08 Å². The third-order valence-electron chi connectivity index (χ3n) is 2.82. The molecule has 0 aliphatic rings. The maximum Gasteiger partial charge on any atom is 0.0233 e. The molecule has 0 amide bonds. The lowest BCUT2D eigenvalue weighted by molar-refractivity contribution is 0.364. The van der Waals surface area contributed by atoms with Gasteiger partial charge in [-0.2, -0.15) is 0 Å². The minimum Gasteiger partial charge on any atom is -0.298 e. The topological polar surface area (TPSA) is 3.24 Å². The fraction of sp³-hybridized carbons (Fsp3) is 0.176. The molecule has 0 saturated heterocycles. The number of rotatable bonds is 5. The van der Waals surface area contributed by atoms with Crippen LogP contribution in [0.3, 0.4) is 0 Å². The molecule has 0 aliphatic carbocycles. The van der Waals surface area contributed by atoms with Gasteiger partial charge in [-0.3, -0.25) is 4.90 Å². The van der Waals surface area contributed by atoms with E-state index in [1.807, 2.05) is 6.07 Å². The first-order valence-electron chi connectivity index (χ1n) is 6.28. The molecule has 0 bridgehead atoms. The van der Waals surface area contributed by atoms with Crippen molar-refractivity contribution in [3.8, 4) is 0 Å². The summed E-state index contributed by atoms with van der Waals surface area (Å²) in [7, 11) is 2.14. The molecule has 0 aromatic heterocycles. The smallest absolute Gasteiger partial charge is 0.0233 e. The van der Waals surface area contributed by atoms with E-state index in [0.717, 1.165) is 13.1 Å². The van der Waals surface area contributed by atoms with Crippen molar-refractivity contribution in [1.29, 1.82) is 0 Å². The van der Waals surface area contributed by atoms with E-state index < -0.39 is 0 Å². The van der Waals surface area contributed by atoms with Crippen LogP contribution in [0.25, 0.3) is 6.08 Å². The second kappa shape index (κ2) is 6.77. The largest absolute Gasteiger partial charge is 0.298 e. The molecule has 0 aliphatic heterocycles. The van der Waals surface area contributed by atoms with Crippen LogP contribution < -0.4 is 0 Å². The van der Waals surface area contributed by atoms with Crippen molar-refractivity contribution in [2.24, 2.45) is 0 Å². The number of likely N-dealkylation sites (N-methyl/N-ethyl adjacent to an activating group) is 1. The van der Waals surface area contributed by atoms with Gasteiger partial charge < -0.3 is 0 Å². The molecule has 2 rings (SSSR count). The minimum absolute atomic E-state index is 0.962. The minimum atomic E-state index is 0.962. The number of benzene rings is 2. The Labute approximate surface area is 109 Å². The third-order valence-corrected chi connectivity index (χ3v) is 2.82. The SMILES string of the molecule is CN(C/C=C/c1ccccc1)Cc1ccccc1. The van der Waals surface area contributed by atoms with E-state index in [9.17, 15) is 0 Å². The molecule has 0 heterocycles. The molecule has 1 nitrogen and oxygen atoms in total. The standard InChI is InChI=1S/C17H19N/c1-18(15-17-11-6-3-7-12-17)14-8-13-16-9-4-2-5-10-16/h2-13H,14-15H2,1H3/b13-8+. The van der Waals surface area contributed by atoms with E-state index in [0.29, 0.717) is 0 Å². The van der Waals surface area contributed by atoms with Crippen LogP contribution in [0.4, 0.5) is 0 Å². The van der Waals surface area contributed by atoms with Crippen LogP contribution in [0.15, 0.2) is 66.7 Å². The lowest BCUT2D eigenvalue weighted by Gasteiger charge is -2.14. The average molecular weight is 237 g/mol. The van der Waals surface area contributed by atoms with Crippen LogP contribution in [-0.2, 0) is 6.54 Å². The lowest BCUT2D eigenvalue weighted by atomic mass is 10.2. The van der Waals surface area contributed by atoms with E-state index in [1.54, 1.807) is 0 Å². The van der Waals surface area contributed by atoms with E-state index in [4.69, 9.17) is 0 Å². The van der Waals surface area contributed by atoms with Crippen molar-refractivity contribution < 1.29 is 0 Å². The van der Waals surface area contributed by atoms with Crippen LogP contribution in [0.5, 0.6) is 0 Å². The predicted molar refractivity (Wildman–Crippen MR) is 78.3 cm³/mol. The van der Waals surface area contributed by atoms with Crippen LogP contribution in [-0.4, -0.2) is 18.5 Å². The molecule has 0 spiro atoms. The Morgan fingerprint density at radius 3 is 2.17 bits per heavy atom. The first-order chi connectivity index (χ1) is 8.84. The average Bonchev–Trinajstić information content (AvgIpc) is 2.41. The van der Waals surface area contributed by atoms with Crippen molar-refractivity contribution in [3.05, 3.63) is 77.9 Å². The first-order valence-corrected chi connectivity index (χ1v) is 6.28. The fourth-order valence-corrected chi connectivity index (χ4v) is 1.89. The highest BCUT2D eigenvalue weighted by molar-refractivity contribution is 5.48. The molecule has 2 aromatic rings. The Morgan fingerprint density at radius 2 is 1.50 bits per heavy atom. The Hall–Kier alpha value is -1.86. The predicted octanol–water partition coefficient (Wildman–Crippen LogP) is 3.83. The van der Waals surface area contributed by atoms with Gasteiger partial charge in [-0.05, 0) is 18.2 Å². The third kappa shape index (κ3) is 4.19. The van der Waals surface area contributed by atoms with Crippen LogP contribution in [0.1, 0.15) is 11.1 Å². The number of hydrogen-bond donors (Lipinski definition) is 0. The van der Waals surface area contributed by atoms with Gasteiger partial charge in [0, 0.05) is 13.1 Å². The van der Waals surface area contributed by atoms with Gasteiger partial charge in [-0.15, -0.1) is 0 Å². The molecular weight excluding hydrogens is 218 g/mol. The van der Waals surface area contributed by atoms with Gasteiger partial charge in [0.05, 0.1) is 0 Å². The summed E-state index contributed by atoms with van der Waals surface area (Å²) in [6.45, 7) is 1.95. The van der Waals surface area contributed by atoms with E-state index in [2.05, 4.69) is 78.7 Å². The maximum absolute atomic E-state index is 2.30. The fourth-order valence-electron chi connectivity index (χ4n) is 1.89. The van der Waals surface area contributed by atoms with Crippen molar-refractivity contribution in [2.45, 2.75) is 6.54 Å². The van der Waals surface area contributed by atoms with Crippen LogP contribution >= 0.6 is 0 Å². The highest BCUT2D eigenvalue weighted by atomic mass is 15.1. The second-order valence-corrected chi connectivity index (χ2v) is 4.50. The normalized spacial score (nSPS) is 11.2. The zero-order chi connectivity index (χ0) is 12.6. The molecule has 0 saturated carbocycles. The Kier molecular flexibility index (Phi) is 4.74. The summed E-state index contributed by atoms with van der Waals surface area (Å²) in [4.78, 5) is 2.30. The molecule has 0 fully saturated rings. The summed E-state index contributed by atoms with van der Waals surface area (Å²) in [5.41, 5.74) is 2.61. The molecule has 0 atom stereocenters. The van der Waals surface area contributed by atoms with Gasteiger partial charge in [-0.1, -0.05) is 72.8 Å². The second-order valence-electron chi connectivity index (χ2n) is 4.50. The highest BCUT2D eigenvalue weighted by Crippen LogP contribution is 2.04. The molecule has 0 radical (unpaired) electrons. The monoisotopic (exact) mass is 237 g/mol. The van der Waals surface area contributed by atoms with Crippen molar-refractivity contribution in [3.63, 3.8) is 0 Å². The maximum atomic E-state index is 2.30. The summed E-state index contributed by atoms with van der Waals surface area (Å²) in [5, 5.41) is 0. The molecule has 18 heavy (non-hydrogen) atoms. The van der Waals surface area contributed by atoms with Crippen LogP contribution in [0.2, 0.25) is 0 Å². The van der Waals surface area contributed by atoms with Gasteiger partial charge in [0.25, 0.3) is 0 Å². The zero-order valence-electron chi connectivity index (χ0n) is 10.8. The summed E-state index contributed by atoms with van der Waals surface area (Å²) in [6.07, 6.45) is 4.37. The molecule has 2 aromatic carbocycles. The number of nitrogens with zero attached hydrogens (tertiary/aromatic N) is 1. The van der Waals surface area contributed by atoms with Crippen LogP contribution in [0, 0.1) is 0 Å². The van der Waals surface area contributed by atoms with Gasteiger partial charge in [0.1, 0.15) is 0 Å². The summed E-state index contributed by atoms with van der Waals surface area (Å²) in [6, 6.07) is 21.0. The Balaban J connectivity index is 1.82. The zero-order valence-corrected chi connectivity index (χ0v) is 10.8. The molecule has 0 N–H and O–H groups in total. The number of hydrogen-bond acceptors (Lipinski definition) is 1. The van der Waals surface area contributed by atoms with Gasteiger partial charge in [-0.25, -0.2) is 0 Å². The molecule has 0 unspecified atom stereocenters. The first kappa shape index (κ1) is 12.6. The van der Waals surface area contributed by atoms with Gasteiger partial charge >= 0.3 is 0 Å². The lowest BCUT2D eigenvalue weighted by Crippen LogP contribution is -2.17. The molecule has 1 heteroatoms. The Morgan fingerprint density at radius 1 is 0.889 bits per heavy atom. The van der Waals surface area contributed by atoms with Gasteiger partial charge in [0.2, 0.25) is 0 Å². The van der Waals surface area contributed by atoms with E-state index in [-0.39, 0.29) is 0 Å². The van der Waals surface area contributed by atoms with Crippen molar-refractivity contribution in [2.75, 3.05) is 13.6 Å². The summed E-state index contributed by atoms with van der Waals surface area (Å²) < 4.78 is 0. The quantitative estimate of drug-likeness (QED) is 0.764. The van der Waals surface area contributed by atoms with E-state index >= 15 is 0 Å². The Bertz CT molecular complexity index is 473. The highest BCUT2D eigenvalue weighted by Gasteiger charge is 1.96.